The molecule has 0 radical (unpaired) electrons. The first-order valence-electron chi connectivity index (χ1n) is 6.35. The van der Waals surface area contributed by atoms with E-state index >= 15 is 0 Å². The van der Waals surface area contributed by atoms with Crippen molar-refractivity contribution >= 4 is 11.5 Å². The zero-order valence-electron chi connectivity index (χ0n) is 11.7. The van der Waals surface area contributed by atoms with Gasteiger partial charge in [0, 0.05) is 26.7 Å². The number of nitrogens with zero attached hydrogens (tertiary/aromatic N) is 2. The molecule has 0 atom stereocenters. The molecule has 0 unspecified atom stereocenters. The van der Waals surface area contributed by atoms with Crippen LogP contribution in [0, 0.1) is 0 Å². The average molecular weight is 238 g/mol. The third kappa shape index (κ3) is 5.54. The lowest BCUT2D eigenvalue weighted by Gasteiger charge is -2.22. The molecule has 1 heterocycles. The summed E-state index contributed by atoms with van der Waals surface area (Å²) in [6.45, 7) is 9.15. The molecule has 0 aliphatic carbocycles. The molecular weight excluding hydrogens is 212 g/mol. The van der Waals surface area contributed by atoms with Crippen LogP contribution in [0.5, 0.6) is 0 Å². The first-order chi connectivity index (χ1) is 8.31. The highest BCUT2D eigenvalue weighted by Gasteiger charge is 2.03. The largest absolute Gasteiger partial charge is 0.373 e. The fourth-order valence-electron chi connectivity index (χ4n) is 1.44. The number of aromatic nitrogens is 1. The van der Waals surface area contributed by atoms with Gasteiger partial charge in [-0.3, -0.25) is 0 Å². The highest BCUT2D eigenvalue weighted by molar-refractivity contribution is 5.49. The number of hydrogen-bond acceptors (Lipinski definition) is 4. The molecule has 1 aromatic rings. The summed E-state index contributed by atoms with van der Waals surface area (Å²) in [5, 5.41) is 6.16. The van der Waals surface area contributed by atoms with Crippen molar-refractivity contribution in [2.75, 3.05) is 43.9 Å². The SMILES string of the molecule is CC.CCN(CCNC)c1ccc(NC)nc1. The molecule has 17 heavy (non-hydrogen) atoms. The maximum Gasteiger partial charge on any atom is 0.125 e. The van der Waals surface area contributed by atoms with Crippen molar-refractivity contribution in [1.29, 1.82) is 0 Å². The minimum Gasteiger partial charge on any atom is -0.373 e. The zero-order chi connectivity index (χ0) is 13.1. The quantitative estimate of drug-likeness (QED) is 0.797. The maximum absolute atomic E-state index is 4.30. The fourth-order valence-corrected chi connectivity index (χ4v) is 1.44. The van der Waals surface area contributed by atoms with Crippen molar-refractivity contribution in [3.63, 3.8) is 0 Å². The highest BCUT2D eigenvalue weighted by Crippen LogP contribution is 2.13. The molecule has 2 N–H and O–H groups in total. The molecule has 0 spiro atoms. The minimum atomic E-state index is 0.906. The molecule has 0 aromatic carbocycles. The van der Waals surface area contributed by atoms with Crippen LogP contribution >= 0.6 is 0 Å². The van der Waals surface area contributed by atoms with Crippen LogP contribution < -0.4 is 15.5 Å². The van der Waals surface area contributed by atoms with E-state index in [1.807, 2.05) is 40.2 Å². The topological polar surface area (TPSA) is 40.2 Å². The molecule has 4 heteroatoms. The van der Waals surface area contributed by atoms with Gasteiger partial charge in [0.25, 0.3) is 0 Å². The Morgan fingerprint density at radius 3 is 2.35 bits per heavy atom. The number of likely N-dealkylation sites (N-methyl/N-ethyl adjacent to an activating group) is 2. The Labute approximate surface area is 105 Å². The van der Waals surface area contributed by atoms with Gasteiger partial charge in [0.15, 0.2) is 0 Å². The standard InChI is InChI=1S/C11H20N4.C2H6/c1-4-15(8-7-12-2)10-5-6-11(13-3)14-9-10;1-2/h5-6,9,12H,4,7-8H2,1-3H3,(H,13,14);1-2H3. The molecule has 1 aromatic heterocycles. The summed E-state index contributed by atoms with van der Waals surface area (Å²) in [4.78, 5) is 6.60. The van der Waals surface area contributed by atoms with Crippen molar-refractivity contribution in [2.45, 2.75) is 20.8 Å². The second-order valence-electron chi connectivity index (χ2n) is 3.33. The Morgan fingerprint density at radius 2 is 1.94 bits per heavy atom. The molecular formula is C13H26N4. The van der Waals surface area contributed by atoms with E-state index in [0.29, 0.717) is 0 Å². The van der Waals surface area contributed by atoms with Gasteiger partial charge in [0.05, 0.1) is 11.9 Å². The van der Waals surface area contributed by atoms with E-state index in [1.165, 1.54) is 5.69 Å². The van der Waals surface area contributed by atoms with E-state index in [0.717, 1.165) is 25.5 Å². The Morgan fingerprint density at radius 1 is 1.24 bits per heavy atom. The number of rotatable bonds is 6. The van der Waals surface area contributed by atoms with Crippen LogP contribution in [-0.4, -0.2) is 38.7 Å². The van der Waals surface area contributed by atoms with Crippen molar-refractivity contribution in [2.24, 2.45) is 0 Å². The van der Waals surface area contributed by atoms with Crippen molar-refractivity contribution in [3.8, 4) is 0 Å². The second-order valence-corrected chi connectivity index (χ2v) is 3.33. The minimum absolute atomic E-state index is 0.906. The predicted molar refractivity (Wildman–Crippen MR) is 76.9 cm³/mol. The van der Waals surface area contributed by atoms with Crippen molar-refractivity contribution in [1.82, 2.24) is 10.3 Å². The molecule has 1 rings (SSSR count). The monoisotopic (exact) mass is 238 g/mol. The van der Waals surface area contributed by atoms with Gasteiger partial charge in [0.2, 0.25) is 0 Å². The molecule has 0 aliphatic rings. The van der Waals surface area contributed by atoms with E-state index in [1.54, 1.807) is 0 Å². The molecule has 98 valence electrons. The zero-order valence-corrected chi connectivity index (χ0v) is 11.7. The van der Waals surface area contributed by atoms with Crippen LogP contribution in [-0.2, 0) is 0 Å². The first kappa shape index (κ1) is 15.7. The first-order valence-corrected chi connectivity index (χ1v) is 6.35. The summed E-state index contributed by atoms with van der Waals surface area (Å²) >= 11 is 0. The summed E-state index contributed by atoms with van der Waals surface area (Å²) in [5.41, 5.74) is 1.17. The second kappa shape index (κ2) is 9.90. The Kier molecular flexibility index (Phi) is 9.15. The van der Waals surface area contributed by atoms with E-state index in [2.05, 4.69) is 33.5 Å². The molecule has 0 amide bonds. The van der Waals surface area contributed by atoms with E-state index in [9.17, 15) is 0 Å². The van der Waals surface area contributed by atoms with Crippen LogP contribution in [0.2, 0.25) is 0 Å². The molecule has 0 fully saturated rings. The number of hydrogen-bond donors (Lipinski definition) is 2. The van der Waals surface area contributed by atoms with Crippen LogP contribution in [0.4, 0.5) is 11.5 Å². The number of anilines is 2. The van der Waals surface area contributed by atoms with Gasteiger partial charge < -0.3 is 15.5 Å². The van der Waals surface area contributed by atoms with E-state index < -0.39 is 0 Å². The van der Waals surface area contributed by atoms with Crippen LogP contribution in [0.3, 0.4) is 0 Å². The summed E-state index contributed by atoms with van der Waals surface area (Å²) in [5.74, 6) is 0.906. The predicted octanol–water partition coefficient (Wildman–Crippen LogP) is 2.20. The van der Waals surface area contributed by atoms with Crippen LogP contribution in [0.1, 0.15) is 20.8 Å². The maximum atomic E-state index is 4.30. The van der Waals surface area contributed by atoms with Crippen molar-refractivity contribution in [3.05, 3.63) is 18.3 Å². The van der Waals surface area contributed by atoms with Crippen molar-refractivity contribution < 1.29 is 0 Å². The fraction of sp³-hybridized carbons (Fsp3) is 0.615. The molecule has 0 aliphatic heterocycles. The van der Waals surface area contributed by atoms with Gasteiger partial charge in [-0.15, -0.1) is 0 Å². The van der Waals surface area contributed by atoms with Gasteiger partial charge in [0.1, 0.15) is 5.82 Å². The van der Waals surface area contributed by atoms with Crippen LogP contribution in [0.25, 0.3) is 0 Å². The molecule has 0 saturated heterocycles. The average Bonchev–Trinajstić information content (AvgIpc) is 2.42. The third-order valence-corrected chi connectivity index (χ3v) is 2.38. The highest BCUT2D eigenvalue weighted by atomic mass is 15.1. The van der Waals surface area contributed by atoms with E-state index in [-0.39, 0.29) is 0 Å². The lowest BCUT2D eigenvalue weighted by Crippen LogP contribution is -2.30. The number of nitrogens with one attached hydrogen (secondary N) is 2. The Bertz CT molecular complexity index is 271. The van der Waals surface area contributed by atoms with Gasteiger partial charge in [-0.25, -0.2) is 4.98 Å². The molecule has 0 saturated carbocycles. The van der Waals surface area contributed by atoms with E-state index in [4.69, 9.17) is 0 Å². The molecule has 4 nitrogen and oxygen atoms in total. The third-order valence-electron chi connectivity index (χ3n) is 2.38. The smallest absolute Gasteiger partial charge is 0.125 e. The summed E-state index contributed by atoms with van der Waals surface area (Å²) in [7, 11) is 3.84. The van der Waals surface area contributed by atoms with Gasteiger partial charge in [-0.05, 0) is 26.1 Å². The van der Waals surface area contributed by atoms with Gasteiger partial charge >= 0.3 is 0 Å². The van der Waals surface area contributed by atoms with Crippen LogP contribution in [0.15, 0.2) is 18.3 Å². The lowest BCUT2D eigenvalue weighted by atomic mass is 10.3. The van der Waals surface area contributed by atoms with Gasteiger partial charge in [-0.2, -0.15) is 0 Å². The van der Waals surface area contributed by atoms with Gasteiger partial charge in [-0.1, -0.05) is 13.8 Å². The normalized spacial score (nSPS) is 9.24. The lowest BCUT2D eigenvalue weighted by molar-refractivity contribution is 0.736. The molecule has 0 bridgehead atoms. The number of pyridine rings is 1. The summed E-state index contributed by atoms with van der Waals surface area (Å²) in [6.07, 6.45) is 1.91. The summed E-state index contributed by atoms with van der Waals surface area (Å²) in [6, 6.07) is 4.09. The summed E-state index contributed by atoms with van der Waals surface area (Å²) < 4.78 is 0. The Hall–Kier alpha value is -1.29. The Balaban J connectivity index is 0.00000121.